The van der Waals surface area contributed by atoms with E-state index in [1.54, 1.807) is 0 Å². The monoisotopic (exact) mass is 107 g/mol. The van der Waals surface area contributed by atoms with Gasteiger partial charge in [-0.05, 0) is 6.92 Å². The van der Waals surface area contributed by atoms with Crippen LogP contribution in [0.3, 0.4) is 0 Å². The fraction of sp³-hybridized carbons (Fsp3) is 0.750. The Morgan fingerprint density at radius 1 is 1.67 bits per heavy atom. The Kier molecular flexibility index (Phi) is 7.73. The highest BCUT2D eigenvalue weighted by Crippen LogP contribution is 1.52. The van der Waals surface area contributed by atoms with E-state index in [2.05, 4.69) is 13.6 Å². The number of hydrogen-bond donors (Lipinski definition) is 0. The molecule has 0 atom stereocenters. The number of nitrogens with zero attached hydrogens (tertiary/aromatic N) is 1. The standard InChI is InChI=1S/C4H10N.ClH/c1-4-5(2)3;/h2,4H2,1,3H3;1H/q+1;/p-1. The van der Waals surface area contributed by atoms with Crippen molar-refractivity contribution in [1.82, 2.24) is 0 Å². The van der Waals surface area contributed by atoms with Crippen LogP contribution in [0, 0.1) is 0 Å². The molecule has 0 aromatic rings. The van der Waals surface area contributed by atoms with E-state index in [1.165, 1.54) is 0 Å². The van der Waals surface area contributed by atoms with Crippen LogP contribution in [0.4, 0.5) is 0 Å². The molecular formula is C4H10ClN. The fourth-order valence-corrected chi connectivity index (χ4v) is 0. The van der Waals surface area contributed by atoms with Crippen molar-refractivity contribution < 1.29 is 17.0 Å². The molecule has 0 aromatic heterocycles. The lowest BCUT2D eigenvalue weighted by atomic mass is 10.7. The molecule has 0 aliphatic rings. The first kappa shape index (κ1) is 9.35. The number of hydrogen-bond acceptors (Lipinski definition) is 0. The van der Waals surface area contributed by atoms with E-state index in [0.29, 0.717) is 0 Å². The molecule has 0 aliphatic heterocycles. The maximum absolute atomic E-state index is 3.59. The van der Waals surface area contributed by atoms with E-state index in [1.807, 2.05) is 11.6 Å². The summed E-state index contributed by atoms with van der Waals surface area (Å²) in [5, 5.41) is 0. The molecule has 0 saturated carbocycles. The summed E-state index contributed by atoms with van der Waals surface area (Å²) in [6.45, 7) is 6.68. The minimum absolute atomic E-state index is 0. The summed E-state index contributed by atoms with van der Waals surface area (Å²) in [6, 6.07) is 0. The maximum Gasteiger partial charge on any atom is 0.139 e. The summed E-state index contributed by atoms with van der Waals surface area (Å²) in [7, 11) is 1.94. The molecule has 0 fully saturated rings. The second-order valence-corrected chi connectivity index (χ2v) is 1.17. The smallest absolute Gasteiger partial charge is 0.139 e. The molecule has 0 rings (SSSR count). The zero-order chi connectivity index (χ0) is 4.28. The molecule has 0 N–H and O–H groups in total. The van der Waals surface area contributed by atoms with Crippen LogP contribution in [0.5, 0.6) is 0 Å². The third-order valence-electron chi connectivity index (χ3n) is 0.540. The Balaban J connectivity index is 0. The Labute approximate surface area is 45.1 Å². The van der Waals surface area contributed by atoms with Gasteiger partial charge in [-0.25, -0.2) is 4.58 Å². The lowest BCUT2D eigenvalue weighted by Gasteiger charge is -1.77. The van der Waals surface area contributed by atoms with Crippen molar-refractivity contribution >= 4 is 6.72 Å². The summed E-state index contributed by atoms with van der Waals surface area (Å²) in [5.41, 5.74) is 0. The van der Waals surface area contributed by atoms with Crippen LogP contribution in [0.15, 0.2) is 0 Å². The van der Waals surface area contributed by atoms with Gasteiger partial charge in [0.1, 0.15) is 20.3 Å². The van der Waals surface area contributed by atoms with Crippen LogP contribution < -0.4 is 12.4 Å². The first-order valence-electron chi connectivity index (χ1n) is 1.79. The SMILES string of the molecule is C=[N+](C)CC.[Cl-]. The first-order chi connectivity index (χ1) is 2.27. The number of halogens is 1. The zero-order valence-electron chi connectivity index (χ0n) is 4.24. The van der Waals surface area contributed by atoms with Gasteiger partial charge in [0.2, 0.25) is 0 Å². The summed E-state index contributed by atoms with van der Waals surface area (Å²) in [4.78, 5) is 0. The van der Waals surface area contributed by atoms with E-state index < -0.39 is 0 Å². The second kappa shape index (κ2) is 4.96. The van der Waals surface area contributed by atoms with Gasteiger partial charge in [0.25, 0.3) is 0 Å². The number of rotatable bonds is 1. The maximum atomic E-state index is 3.59. The predicted molar refractivity (Wildman–Crippen MR) is 23.8 cm³/mol. The van der Waals surface area contributed by atoms with Crippen LogP contribution in [-0.2, 0) is 0 Å². The second-order valence-electron chi connectivity index (χ2n) is 1.17. The van der Waals surface area contributed by atoms with Crippen molar-refractivity contribution in [2.24, 2.45) is 0 Å². The van der Waals surface area contributed by atoms with Gasteiger partial charge in [0.15, 0.2) is 0 Å². The summed E-state index contributed by atoms with van der Waals surface area (Å²) >= 11 is 0. The Morgan fingerprint density at radius 3 is 1.83 bits per heavy atom. The molecule has 0 radical (unpaired) electrons. The van der Waals surface area contributed by atoms with Gasteiger partial charge in [-0.1, -0.05) is 0 Å². The van der Waals surface area contributed by atoms with Gasteiger partial charge in [0.05, 0.1) is 0 Å². The fourth-order valence-electron chi connectivity index (χ4n) is 0. The molecule has 6 heavy (non-hydrogen) atoms. The topological polar surface area (TPSA) is 3.01 Å². The highest BCUT2D eigenvalue weighted by molar-refractivity contribution is 5.13. The molecule has 0 amide bonds. The van der Waals surface area contributed by atoms with Crippen molar-refractivity contribution in [2.75, 3.05) is 13.6 Å². The van der Waals surface area contributed by atoms with Gasteiger partial charge >= 0.3 is 0 Å². The van der Waals surface area contributed by atoms with Gasteiger partial charge in [0, 0.05) is 0 Å². The highest BCUT2D eigenvalue weighted by atomic mass is 35.5. The molecule has 0 saturated heterocycles. The van der Waals surface area contributed by atoms with Gasteiger partial charge in [-0.2, -0.15) is 0 Å². The zero-order valence-corrected chi connectivity index (χ0v) is 5.00. The average Bonchev–Trinajstić information content (AvgIpc) is 1.38. The van der Waals surface area contributed by atoms with E-state index >= 15 is 0 Å². The Bertz CT molecular complexity index is 42.8. The molecule has 1 nitrogen and oxygen atoms in total. The van der Waals surface area contributed by atoms with Gasteiger partial charge in [-0.15, -0.1) is 0 Å². The molecule has 0 spiro atoms. The lowest BCUT2D eigenvalue weighted by molar-refractivity contribution is -0.484. The van der Waals surface area contributed by atoms with Crippen molar-refractivity contribution in [3.8, 4) is 0 Å². The van der Waals surface area contributed by atoms with Crippen molar-refractivity contribution in [1.29, 1.82) is 0 Å². The first-order valence-corrected chi connectivity index (χ1v) is 1.79. The molecule has 0 heterocycles. The van der Waals surface area contributed by atoms with Crippen LogP contribution >= 0.6 is 0 Å². The van der Waals surface area contributed by atoms with Crippen LogP contribution in [0.2, 0.25) is 0 Å². The molecule has 2 heteroatoms. The molecular weight excluding hydrogens is 97.5 g/mol. The van der Waals surface area contributed by atoms with Crippen molar-refractivity contribution in [3.05, 3.63) is 0 Å². The van der Waals surface area contributed by atoms with Crippen LogP contribution in [0.25, 0.3) is 0 Å². The predicted octanol–water partition coefficient (Wildman–Crippen LogP) is -2.65. The Hall–Kier alpha value is -0.0400. The van der Waals surface area contributed by atoms with E-state index in [9.17, 15) is 0 Å². The Morgan fingerprint density at radius 2 is 1.83 bits per heavy atom. The van der Waals surface area contributed by atoms with E-state index in [0.717, 1.165) is 6.54 Å². The third kappa shape index (κ3) is 9.03. The van der Waals surface area contributed by atoms with E-state index in [-0.39, 0.29) is 12.4 Å². The van der Waals surface area contributed by atoms with Gasteiger partial charge < -0.3 is 12.4 Å². The highest BCUT2D eigenvalue weighted by Gasteiger charge is 1.71. The van der Waals surface area contributed by atoms with Crippen molar-refractivity contribution in [2.45, 2.75) is 6.92 Å². The summed E-state index contributed by atoms with van der Waals surface area (Å²) < 4.78 is 1.88. The summed E-state index contributed by atoms with van der Waals surface area (Å²) in [5.74, 6) is 0. The quantitative estimate of drug-likeness (QED) is 0.255. The molecule has 0 unspecified atom stereocenters. The van der Waals surface area contributed by atoms with Crippen LogP contribution in [0.1, 0.15) is 6.92 Å². The van der Waals surface area contributed by atoms with E-state index in [4.69, 9.17) is 0 Å². The minimum atomic E-state index is 0. The molecule has 0 aromatic carbocycles. The largest absolute Gasteiger partial charge is 1.00 e. The van der Waals surface area contributed by atoms with Crippen LogP contribution in [-0.4, -0.2) is 24.9 Å². The molecule has 38 valence electrons. The van der Waals surface area contributed by atoms with Gasteiger partial charge in [-0.3, -0.25) is 0 Å². The third-order valence-corrected chi connectivity index (χ3v) is 0.540. The normalized spacial score (nSPS) is 6.33. The summed E-state index contributed by atoms with van der Waals surface area (Å²) in [6.07, 6.45) is 0. The lowest BCUT2D eigenvalue weighted by Crippen LogP contribution is -3.00. The average molecular weight is 108 g/mol. The molecule has 0 aliphatic carbocycles. The van der Waals surface area contributed by atoms with Crippen molar-refractivity contribution in [3.63, 3.8) is 0 Å². The molecule has 0 bridgehead atoms. The minimum Gasteiger partial charge on any atom is -1.00 e.